The fourth-order valence-electron chi connectivity index (χ4n) is 3.13. The van der Waals surface area contributed by atoms with Gasteiger partial charge in [0, 0.05) is 10.8 Å². The molecule has 1 amide bonds. The summed E-state index contributed by atoms with van der Waals surface area (Å²) in [6, 6.07) is 16.3. The summed E-state index contributed by atoms with van der Waals surface area (Å²) in [6.45, 7) is 5.43. The number of aromatic nitrogens is 2. The molecule has 29 heavy (non-hydrogen) atoms. The Bertz CT molecular complexity index is 1280. The van der Waals surface area contributed by atoms with E-state index in [2.05, 4.69) is 15.6 Å². The van der Waals surface area contributed by atoms with Crippen molar-refractivity contribution in [3.8, 4) is 0 Å². The number of hydrazone groups is 1. The van der Waals surface area contributed by atoms with Crippen LogP contribution in [0.25, 0.3) is 21.7 Å². The lowest BCUT2D eigenvalue weighted by molar-refractivity contribution is 0.0949. The van der Waals surface area contributed by atoms with E-state index in [0.717, 1.165) is 11.0 Å². The second-order valence-corrected chi connectivity index (χ2v) is 7.02. The van der Waals surface area contributed by atoms with Crippen molar-refractivity contribution in [3.05, 3.63) is 76.4 Å². The number of nitrogens with zero attached hydrogens (tertiary/aromatic N) is 3. The number of amides is 1. The molecule has 2 heterocycles. The molecule has 0 bridgehead atoms. The average Bonchev–Trinajstić information content (AvgIpc) is 3.16. The standard InChI is InChI=1S/C22H20N4O3/c1-13(2)26-22(28)17-10-6-5-9-16(17)20(25-26)21(27)24-23-14(3)19-12-15-8-4-7-11-18(15)29-19/h4-13H,1-3H3,(H,24,27)/b23-14-. The Balaban J connectivity index is 1.69. The van der Waals surface area contributed by atoms with Crippen LogP contribution >= 0.6 is 0 Å². The maximum atomic E-state index is 12.8. The van der Waals surface area contributed by atoms with Crippen LogP contribution in [0.2, 0.25) is 0 Å². The predicted molar refractivity (Wildman–Crippen MR) is 112 cm³/mol. The summed E-state index contributed by atoms with van der Waals surface area (Å²) in [4.78, 5) is 25.4. The first-order valence-corrected chi connectivity index (χ1v) is 9.31. The van der Waals surface area contributed by atoms with E-state index in [-0.39, 0.29) is 17.3 Å². The number of rotatable bonds is 4. The van der Waals surface area contributed by atoms with Crippen molar-refractivity contribution in [1.29, 1.82) is 0 Å². The highest BCUT2D eigenvalue weighted by atomic mass is 16.3. The van der Waals surface area contributed by atoms with E-state index in [4.69, 9.17) is 4.42 Å². The van der Waals surface area contributed by atoms with E-state index in [9.17, 15) is 9.59 Å². The van der Waals surface area contributed by atoms with Crippen molar-refractivity contribution < 1.29 is 9.21 Å². The van der Waals surface area contributed by atoms with E-state index in [1.54, 1.807) is 31.2 Å². The third kappa shape index (κ3) is 3.42. The Labute approximate surface area is 166 Å². The van der Waals surface area contributed by atoms with Crippen molar-refractivity contribution in [3.63, 3.8) is 0 Å². The van der Waals surface area contributed by atoms with Gasteiger partial charge in [0.2, 0.25) is 0 Å². The first-order chi connectivity index (χ1) is 14.0. The van der Waals surface area contributed by atoms with Crippen LogP contribution in [-0.2, 0) is 0 Å². The molecule has 0 fully saturated rings. The number of hydrogen-bond acceptors (Lipinski definition) is 5. The summed E-state index contributed by atoms with van der Waals surface area (Å²) in [5.41, 5.74) is 3.73. The summed E-state index contributed by atoms with van der Waals surface area (Å²) in [6.07, 6.45) is 0. The molecule has 2 aromatic carbocycles. The minimum Gasteiger partial charge on any atom is -0.455 e. The Hall–Kier alpha value is -3.74. The van der Waals surface area contributed by atoms with E-state index < -0.39 is 5.91 Å². The van der Waals surface area contributed by atoms with Crippen LogP contribution in [0.4, 0.5) is 0 Å². The van der Waals surface area contributed by atoms with Gasteiger partial charge in [0.05, 0.1) is 11.4 Å². The summed E-state index contributed by atoms with van der Waals surface area (Å²) >= 11 is 0. The van der Waals surface area contributed by atoms with Gasteiger partial charge in [-0.25, -0.2) is 10.1 Å². The molecule has 4 rings (SSSR count). The molecule has 0 saturated heterocycles. The largest absolute Gasteiger partial charge is 0.455 e. The lowest BCUT2D eigenvalue weighted by Crippen LogP contribution is -2.30. The third-order valence-corrected chi connectivity index (χ3v) is 4.64. The second-order valence-electron chi connectivity index (χ2n) is 7.02. The van der Waals surface area contributed by atoms with Gasteiger partial charge in [-0.05, 0) is 39.0 Å². The zero-order valence-corrected chi connectivity index (χ0v) is 16.3. The Morgan fingerprint density at radius 3 is 2.52 bits per heavy atom. The smallest absolute Gasteiger partial charge is 0.292 e. The third-order valence-electron chi connectivity index (χ3n) is 4.64. The topological polar surface area (TPSA) is 89.5 Å². The number of fused-ring (bicyclic) bond motifs is 2. The zero-order chi connectivity index (χ0) is 20.5. The molecular formula is C22H20N4O3. The summed E-state index contributed by atoms with van der Waals surface area (Å²) in [5.74, 6) is 0.0718. The van der Waals surface area contributed by atoms with Gasteiger partial charge in [0.1, 0.15) is 11.3 Å². The van der Waals surface area contributed by atoms with Crippen LogP contribution in [0.5, 0.6) is 0 Å². The Kier molecular flexibility index (Phi) is 4.72. The molecule has 0 aliphatic rings. The summed E-state index contributed by atoms with van der Waals surface area (Å²) in [7, 11) is 0. The van der Waals surface area contributed by atoms with E-state index in [0.29, 0.717) is 22.2 Å². The van der Waals surface area contributed by atoms with Gasteiger partial charge in [-0.1, -0.05) is 36.4 Å². The van der Waals surface area contributed by atoms with Crippen LogP contribution in [-0.4, -0.2) is 21.4 Å². The molecule has 4 aromatic rings. The van der Waals surface area contributed by atoms with Crippen LogP contribution < -0.4 is 11.0 Å². The van der Waals surface area contributed by atoms with Gasteiger partial charge >= 0.3 is 0 Å². The molecule has 0 spiro atoms. The molecule has 2 aromatic heterocycles. The average molecular weight is 388 g/mol. The monoisotopic (exact) mass is 388 g/mol. The van der Waals surface area contributed by atoms with Crippen molar-refractivity contribution in [2.24, 2.45) is 5.10 Å². The highest BCUT2D eigenvalue weighted by molar-refractivity contribution is 6.06. The summed E-state index contributed by atoms with van der Waals surface area (Å²) < 4.78 is 7.07. The van der Waals surface area contributed by atoms with Crippen LogP contribution in [0.3, 0.4) is 0 Å². The van der Waals surface area contributed by atoms with Crippen LogP contribution in [0.1, 0.15) is 43.1 Å². The SMILES string of the molecule is C/C(=N/NC(=O)c1nn(C(C)C)c(=O)c2ccccc12)c1cc2ccccc2o1. The maximum Gasteiger partial charge on any atom is 0.292 e. The van der Waals surface area contributed by atoms with Crippen LogP contribution in [0.15, 0.2) is 68.9 Å². The van der Waals surface area contributed by atoms with Crippen molar-refractivity contribution in [1.82, 2.24) is 15.2 Å². The maximum absolute atomic E-state index is 12.8. The molecule has 0 radical (unpaired) electrons. The zero-order valence-electron chi connectivity index (χ0n) is 16.3. The van der Waals surface area contributed by atoms with Gasteiger partial charge in [0.25, 0.3) is 11.5 Å². The number of hydrogen-bond donors (Lipinski definition) is 1. The van der Waals surface area contributed by atoms with E-state index >= 15 is 0 Å². The highest BCUT2D eigenvalue weighted by Crippen LogP contribution is 2.19. The van der Waals surface area contributed by atoms with Crippen molar-refractivity contribution in [2.45, 2.75) is 26.8 Å². The first kappa shape index (κ1) is 18.6. The van der Waals surface area contributed by atoms with Gasteiger partial charge in [0.15, 0.2) is 11.5 Å². The van der Waals surface area contributed by atoms with Gasteiger partial charge in [-0.15, -0.1) is 0 Å². The van der Waals surface area contributed by atoms with Crippen LogP contribution in [0, 0.1) is 0 Å². The Morgan fingerprint density at radius 1 is 1.10 bits per heavy atom. The fourth-order valence-corrected chi connectivity index (χ4v) is 3.13. The number of carbonyl (C=O) groups excluding carboxylic acids is 1. The normalized spacial score (nSPS) is 12.1. The molecule has 0 aliphatic carbocycles. The lowest BCUT2D eigenvalue weighted by Gasteiger charge is -2.12. The molecule has 7 heteroatoms. The molecule has 1 N–H and O–H groups in total. The number of para-hydroxylation sites is 1. The minimum absolute atomic E-state index is 0.148. The van der Waals surface area contributed by atoms with Crippen molar-refractivity contribution in [2.75, 3.05) is 0 Å². The molecule has 0 aliphatic heterocycles. The quantitative estimate of drug-likeness (QED) is 0.424. The second kappa shape index (κ2) is 7.35. The molecule has 0 saturated carbocycles. The number of benzene rings is 2. The molecule has 0 atom stereocenters. The Morgan fingerprint density at radius 2 is 1.79 bits per heavy atom. The first-order valence-electron chi connectivity index (χ1n) is 9.31. The number of furan rings is 1. The molecule has 0 unspecified atom stereocenters. The molecule has 7 nitrogen and oxygen atoms in total. The number of carbonyl (C=O) groups is 1. The molecular weight excluding hydrogens is 368 g/mol. The summed E-state index contributed by atoms with van der Waals surface area (Å²) in [5, 5.41) is 10.3. The van der Waals surface area contributed by atoms with Gasteiger partial charge in [-0.2, -0.15) is 10.2 Å². The minimum atomic E-state index is -0.494. The highest BCUT2D eigenvalue weighted by Gasteiger charge is 2.18. The van der Waals surface area contributed by atoms with E-state index in [1.807, 2.05) is 44.2 Å². The predicted octanol–water partition coefficient (Wildman–Crippen LogP) is 3.88. The van der Waals surface area contributed by atoms with Crippen molar-refractivity contribution >= 4 is 33.4 Å². The number of nitrogens with one attached hydrogen (secondary N) is 1. The van der Waals surface area contributed by atoms with Gasteiger partial charge in [-0.3, -0.25) is 9.59 Å². The molecule has 146 valence electrons. The lowest BCUT2D eigenvalue weighted by atomic mass is 10.1. The van der Waals surface area contributed by atoms with E-state index in [1.165, 1.54) is 4.68 Å². The fraction of sp³-hybridized carbons (Fsp3) is 0.182. The van der Waals surface area contributed by atoms with Gasteiger partial charge < -0.3 is 4.42 Å².